The lowest BCUT2D eigenvalue weighted by Gasteiger charge is -2.38. The van der Waals surface area contributed by atoms with Crippen molar-refractivity contribution in [2.24, 2.45) is 17.8 Å². The minimum atomic E-state index is -4.55. The summed E-state index contributed by atoms with van der Waals surface area (Å²) in [5.74, 6) is -5.03. The molecule has 0 amide bonds. The lowest BCUT2D eigenvalue weighted by atomic mass is 9.68. The molecule has 8 heteroatoms. The Balaban J connectivity index is 1.21. The highest BCUT2D eigenvalue weighted by Crippen LogP contribution is 2.45. The van der Waals surface area contributed by atoms with Crippen molar-refractivity contribution in [3.8, 4) is 16.9 Å². The van der Waals surface area contributed by atoms with Crippen LogP contribution in [-0.4, -0.2) is 0 Å². The Hall–Kier alpha value is -3.03. The van der Waals surface area contributed by atoms with Crippen LogP contribution >= 0.6 is 0 Å². The number of hydrogen-bond donors (Lipinski definition) is 0. The average Bonchev–Trinajstić information content (AvgIpc) is 2.99. The first-order valence-corrected chi connectivity index (χ1v) is 15.9. The van der Waals surface area contributed by atoms with Crippen LogP contribution < -0.4 is 4.74 Å². The minimum absolute atomic E-state index is 0.118. The summed E-state index contributed by atoms with van der Waals surface area (Å²) in [5.41, 5.74) is -1.25. The van der Waals surface area contributed by atoms with Gasteiger partial charge in [0.15, 0.2) is 11.6 Å². The van der Waals surface area contributed by atoms with Crippen molar-refractivity contribution in [2.45, 2.75) is 96.0 Å². The van der Waals surface area contributed by atoms with Gasteiger partial charge in [0.05, 0.1) is 0 Å². The molecule has 0 N–H and O–H groups in total. The molecule has 5 rings (SSSR count). The van der Waals surface area contributed by atoms with Crippen LogP contribution in [0.1, 0.15) is 101 Å². The van der Waals surface area contributed by atoms with Gasteiger partial charge in [-0.3, -0.25) is 0 Å². The van der Waals surface area contributed by atoms with Gasteiger partial charge in [-0.1, -0.05) is 57.6 Å². The fraction of sp³-hybridized carbons (Fsp3) is 0.500. The molecule has 0 atom stereocenters. The van der Waals surface area contributed by atoms with Crippen molar-refractivity contribution in [1.29, 1.82) is 0 Å². The van der Waals surface area contributed by atoms with E-state index in [2.05, 4.69) is 11.7 Å². The molecule has 0 saturated heterocycles. The maximum Gasteiger partial charge on any atom is 0.432 e. The Morgan fingerprint density at radius 1 is 0.659 bits per heavy atom. The summed E-state index contributed by atoms with van der Waals surface area (Å²) in [6.07, 6.45) is 10.2. The van der Waals surface area contributed by atoms with E-state index in [4.69, 9.17) is 0 Å². The van der Waals surface area contributed by atoms with Crippen molar-refractivity contribution in [3.63, 3.8) is 0 Å². The van der Waals surface area contributed by atoms with Crippen molar-refractivity contribution in [1.82, 2.24) is 0 Å². The molecule has 1 nitrogen and oxygen atoms in total. The van der Waals surface area contributed by atoms with E-state index in [9.17, 15) is 26.3 Å². The van der Waals surface area contributed by atoms with Gasteiger partial charge in [-0.25, -0.2) is 22.0 Å². The van der Waals surface area contributed by atoms with E-state index in [1.807, 2.05) is 0 Å². The molecular weight excluding hydrogens is 581 g/mol. The predicted octanol–water partition coefficient (Wildman–Crippen LogP) is 11.8. The normalized spacial score (nSPS) is 22.6. The molecular formula is C36H39F7O. The molecule has 2 fully saturated rings. The van der Waals surface area contributed by atoms with Crippen LogP contribution in [0.25, 0.3) is 11.1 Å². The molecule has 0 bridgehead atoms. The molecule has 238 valence electrons. The Kier molecular flexibility index (Phi) is 10.3. The molecule has 0 heterocycles. The van der Waals surface area contributed by atoms with Crippen LogP contribution in [0.2, 0.25) is 0 Å². The summed E-state index contributed by atoms with van der Waals surface area (Å²) in [6, 6.07) is 7.39. The van der Waals surface area contributed by atoms with E-state index >= 15 is 4.39 Å². The van der Waals surface area contributed by atoms with Crippen molar-refractivity contribution < 1.29 is 35.5 Å². The van der Waals surface area contributed by atoms with Crippen molar-refractivity contribution in [2.75, 3.05) is 0 Å². The molecule has 0 aromatic heterocycles. The van der Waals surface area contributed by atoms with Crippen LogP contribution in [0, 0.1) is 46.8 Å². The lowest BCUT2D eigenvalue weighted by molar-refractivity contribution is -0.189. The van der Waals surface area contributed by atoms with E-state index in [-0.39, 0.29) is 17.0 Å². The summed E-state index contributed by atoms with van der Waals surface area (Å²) < 4.78 is 105. The van der Waals surface area contributed by atoms with E-state index in [1.54, 1.807) is 6.07 Å². The third kappa shape index (κ3) is 7.43. The summed E-state index contributed by atoms with van der Waals surface area (Å²) in [6.45, 7) is 2.24. The molecule has 2 aliphatic rings. The first-order chi connectivity index (χ1) is 21.1. The zero-order valence-corrected chi connectivity index (χ0v) is 25.0. The Bertz CT molecular complexity index is 1400. The number of rotatable bonds is 10. The molecule has 3 aromatic rings. The Labute approximate surface area is 254 Å². The minimum Gasteiger partial charge on any atom is -0.429 e. The molecule has 0 unspecified atom stereocenters. The number of alkyl halides is 2. The third-order valence-electron chi connectivity index (χ3n) is 9.79. The number of unbranched alkanes of at least 4 members (excludes halogenated alkanes) is 2. The van der Waals surface area contributed by atoms with Crippen LogP contribution in [0.15, 0.2) is 48.5 Å². The van der Waals surface area contributed by atoms with E-state index in [0.717, 1.165) is 43.1 Å². The number of ether oxygens (including phenoxy) is 1. The average molecular weight is 621 g/mol. The molecule has 0 aliphatic heterocycles. The second kappa shape index (κ2) is 13.9. The smallest absolute Gasteiger partial charge is 0.429 e. The van der Waals surface area contributed by atoms with Gasteiger partial charge in [-0.15, -0.1) is 0 Å². The molecule has 2 aliphatic carbocycles. The highest BCUT2D eigenvalue weighted by molar-refractivity contribution is 5.65. The molecule has 44 heavy (non-hydrogen) atoms. The van der Waals surface area contributed by atoms with Crippen molar-refractivity contribution in [3.05, 3.63) is 88.7 Å². The van der Waals surface area contributed by atoms with E-state index in [0.29, 0.717) is 36.2 Å². The zero-order chi connectivity index (χ0) is 31.4. The van der Waals surface area contributed by atoms with E-state index in [1.165, 1.54) is 63.5 Å². The summed E-state index contributed by atoms with van der Waals surface area (Å²) >= 11 is 0. The summed E-state index contributed by atoms with van der Waals surface area (Å²) in [4.78, 5) is 0. The van der Waals surface area contributed by atoms with Gasteiger partial charge in [-0.05, 0) is 104 Å². The summed E-state index contributed by atoms with van der Waals surface area (Å²) in [7, 11) is 0. The van der Waals surface area contributed by atoms with Crippen LogP contribution in [0.3, 0.4) is 0 Å². The monoisotopic (exact) mass is 620 g/mol. The largest absolute Gasteiger partial charge is 0.432 e. The van der Waals surface area contributed by atoms with Crippen molar-refractivity contribution >= 4 is 0 Å². The highest BCUT2D eigenvalue weighted by Gasteiger charge is 2.41. The first-order valence-electron chi connectivity index (χ1n) is 15.9. The first kappa shape index (κ1) is 32.4. The zero-order valence-electron chi connectivity index (χ0n) is 25.0. The second-order valence-electron chi connectivity index (χ2n) is 12.6. The maximum absolute atomic E-state index is 15.3. The van der Waals surface area contributed by atoms with E-state index < -0.39 is 46.5 Å². The Morgan fingerprint density at radius 2 is 1.30 bits per heavy atom. The van der Waals surface area contributed by atoms with Crippen LogP contribution in [0.4, 0.5) is 30.7 Å². The fourth-order valence-electron chi connectivity index (χ4n) is 7.32. The van der Waals surface area contributed by atoms with Gasteiger partial charge in [-0.2, -0.15) is 8.78 Å². The van der Waals surface area contributed by atoms with Gasteiger partial charge < -0.3 is 4.74 Å². The lowest BCUT2D eigenvalue weighted by Crippen LogP contribution is -2.25. The third-order valence-corrected chi connectivity index (χ3v) is 9.79. The van der Waals surface area contributed by atoms with Crippen LogP contribution in [0.5, 0.6) is 5.75 Å². The standard InChI is InChI=1S/C36H39F7O/c1-2-3-4-5-22-6-8-23(9-7-22)24-10-12-25(13-11-24)26-14-16-29(31(38)18-26)27-19-33(40)35(34(41)20-27)36(42,43)44-28-15-17-30(37)32(39)21-28/h14-25H,2-13H2,1H3. The fourth-order valence-corrected chi connectivity index (χ4v) is 7.32. The van der Waals surface area contributed by atoms with Gasteiger partial charge in [0, 0.05) is 11.6 Å². The van der Waals surface area contributed by atoms with Gasteiger partial charge in [0.1, 0.15) is 28.8 Å². The predicted molar refractivity (Wildman–Crippen MR) is 157 cm³/mol. The van der Waals surface area contributed by atoms with Crippen LogP contribution in [-0.2, 0) is 6.11 Å². The molecule has 2 saturated carbocycles. The molecule has 0 radical (unpaired) electrons. The Morgan fingerprint density at radius 3 is 1.89 bits per heavy atom. The molecule has 0 spiro atoms. The number of halogens is 7. The second-order valence-corrected chi connectivity index (χ2v) is 12.6. The van der Waals surface area contributed by atoms with Gasteiger partial charge in [0.2, 0.25) is 0 Å². The van der Waals surface area contributed by atoms with Gasteiger partial charge in [0.25, 0.3) is 0 Å². The highest BCUT2D eigenvalue weighted by atomic mass is 19.3. The maximum atomic E-state index is 15.3. The number of benzene rings is 3. The molecule has 3 aromatic carbocycles. The topological polar surface area (TPSA) is 9.23 Å². The summed E-state index contributed by atoms with van der Waals surface area (Å²) in [5, 5.41) is 0. The SMILES string of the molecule is CCCCCC1CCC(C2CCC(c3ccc(-c4cc(F)c(C(F)(F)Oc5ccc(F)c(F)c5)c(F)c4)c(F)c3)CC2)CC1. The van der Waals surface area contributed by atoms with Gasteiger partial charge >= 0.3 is 6.11 Å². The number of hydrogen-bond acceptors (Lipinski definition) is 1. The quantitative estimate of drug-likeness (QED) is 0.162.